The van der Waals surface area contributed by atoms with Crippen LogP contribution in [-0.4, -0.2) is 59.2 Å². The molecular formula is C5H10O4Se. The number of hydrogen-bond donors (Lipinski definition) is 4. The summed E-state index contributed by atoms with van der Waals surface area (Å²) in [6.07, 6.45) is -2.00. The first-order valence-electron chi connectivity index (χ1n) is 2.97. The van der Waals surface area contributed by atoms with Gasteiger partial charge in [0.25, 0.3) is 0 Å². The molecule has 4 unspecified atom stereocenters. The molecule has 0 amide bonds. The van der Waals surface area contributed by atoms with Gasteiger partial charge in [0, 0.05) is 0 Å². The van der Waals surface area contributed by atoms with E-state index in [2.05, 4.69) is 0 Å². The molecule has 1 aliphatic heterocycles. The van der Waals surface area contributed by atoms with Crippen molar-refractivity contribution in [2.45, 2.75) is 22.0 Å². The van der Waals surface area contributed by atoms with E-state index in [1.807, 2.05) is 0 Å². The molecule has 0 aromatic carbocycles. The fraction of sp³-hybridized carbons (Fsp3) is 1.00. The average Bonchev–Trinajstić information content (AvgIpc) is 2.17. The molecule has 4 atom stereocenters. The molecule has 1 fully saturated rings. The van der Waals surface area contributed by atoms with Gasteiger partial charge < -0.3 is 0 Å². The molecule has 0 spiro atoms. The summed E-state index contributed by atoms with van der Waals surface area (Å²) < 4.78 is 0. The fourth-order valence-corrected chi connectivity index (χ4v) is 3.16. The van der Waals surface area contributed by atoms with Crippen LogP contribution in [0, 0.1) is 0 Å². The van der Waals surface area contributed by atoms with Crippen LogP contribution in [-0.2, 0) is 0 Å². The van der Waals surface area contributed by atoms with E-state index in [0.717, 1.165) is 0 Å². The minimum absolute atomic E-state index is 0.157. The quantitative estimate of drug-likeness (QED) is 0.364. The van der Waals surface area contributed by atoms with Gasteiger partial charge in [-0.3, -0.25) is 0 Å². The second kappa shape index (κ2) is 3.17. The van der Waals surface area contributed by atoms with Crippen LogP contribution < -0.4 is 0 Å². The Bertz CT molecular complexity index is 120. The zero-order chi connectivity index (χ0) is 7.72. The van der Waals surface area contributed by atoms with Crippen molar-refractivity contribution in [3.63, 3.8) is 0 Å². The monoisotopic (exact) mass is 214 g/mol. The van der Waals surface area contributed by atoms with Crippen molar-refractivity contribution in [2.75, 3.05) is 6.61 Å². The zero-order valence-corrected chi connectivity index (χ0v) is 6.93. The third kappa shape index (κ3) is 1.34. The molecule has 60 valence electrons. The van der Waals surface area contributed by atoms with Crippen LogP contribution in [0.15, 0.2) is 0 Å². The SMILES string of the molecule is OCC1[Se]C(O)C(O)C1O. The molecule has 4 N–H and O–H groups in total. The molecule has 1 rings (SSSR count). The summed E-state index contributed by atoms with van der Waals surface area (Å²) in [5.74, 6) is 0. The molecule has 1 aliphatic rings. The van der Waals surface area contributed by atoms with E-state index in [0.29, 0.717) is 0 Å². The summed E-state index contributed by atoms with van der Waals surface area (Å²) in [6, 6.07) is 0. The maximum atomic E-state index is 9.07. The second-order valence-corrected chi connectivity index (χ2v) is 5.08. The van der Waals surface area contributed by atoms with Gasteiger partial charge in [-0.25, -0.2) is 0 Å². The van der Waals surface area contributed by atoms with E-state index < -0.39 is 17.2 Å². The van der Waals surface area contributed by atoms with Crippen molar-refractivity contribution in [1.82, 2.24) is 0 Å². The molecule has 5 heteroatoms. The van der Waals surface area contributed by atoms with E-state index in [9.17, 15) is 0 Å². The molecule has 1 saturated heterocycles. The normalized spacial score (nSPS) is 48.0. The Labute approximate surface area is 64.7 Å². The van der Waals surface area contributed by atoms with Crippen molar-refractivity contribution in [1.29, 1.82) is 0 Å². The van der Waals surface area contributed by atoms with Gasteiger partial charge in [0.15, 0.2) is 0 Å². The number of hydrogen-bond acceptors (Lipinski definition) is 4. The van der Waals surface area contributed by atoms with Crippen molar-refractivity contribution in [3.8, 4) is 0 Å². The van der Waals surface area contributed by atoms with Crippen LogP contribution >= 0.6 is 0 Å². The van der Waals surface area contributed by atoms with E-state index in [1.54, 1.807) is 0 Å². The van der Waals surface area contributed by atoms with E-state index in [-0.39, 0.29) is 26.4 Å². The molecule has 0 aromatic rings. The molecule has 0 bridgehead atoms. The molecular weight excluding hydrogens is 203 g/mol. The zero-order valence-electron chi connectivity index (χ0n) is 5.21. The van der Waals surface area contributed by atoms with Gasteiger partial charge >= 0.3 is 64.0 Å². The first-order chi connectivity index (χ1) is 4.66. The summed E-state index contributed by atoms with van der Waals surface area (Å²) in [7, 11) is 0. The Morgan fingerprint density at radius 2 is 1.70 bits per heavy atom. The third-order valence-corrected chi connectivity index (χ3v) is 4.32. The number of aliphatic hydroxyl groups excluding tert-OH is 4. The second-order valence-electron chi connectivity index (χ2n) is 2.23. The van der Waals surface area contributed by atoms with E-state index >= 15 is 0 Å². The van der Waals surface area contributed by atoms with Gasteiger partial charge in [-0.05, 0) is 0 Å². The van der Waals surface area contributed by atoms with Gasteiger partial charge in [-0.1, -0.05) is 0 Å². The Kier molecular flexibility index (Phi) is 2.68. The van der Waals surface area contributed by atoms with Crippen LogP contribution in [0.2, 0.25) is 4.82 Å². The van der Waals surface area contributed by atoms with Crippen LogP contribution in [0.1, 0.15) is 0 Å². The summed E-state index contributed by atoms with van der Waals surface area (Å²) in [5.41, 5.74) is 0. The Morgan fingerprint density at radius 1 is 1.10 bits per heavy atom. The Balaban J connectivity index is 2.53. The van der Waals surface area contributed by atoms with Gasteiger partial charge in [0.1, 0.15) is 0 Å². The number of aliphatic hydroxyl groups is 4. The predicted octanol–water partition coefficient (Wildman–Crippen LogP) is -2.47. The first kappa shape index (κ1) is 8.46. The molecule has 0 saturated carbocycles. The maximum absolute atomic E-state index is 9.07. The third-order valence-electron chi connectivity index (χ3n) is 1.52. The van der Waals surface area contributed by atoms with Crippen LogP contribution in [0.5, 0.6) is 0 Å². The Hall–Kier alpha value is 0.359. The molecule has 1 heterocycles. The van der Waals surface area contributed by atoms with Crippen molar-refractivity contribution < 1.29 is 20.4 Å². The van der Waals surface area contributed by atoms with Gasteiger partial charge in [0.2, 0.25) is 0 Å². The average molecular weight is 213 g/mol. The summed E-state index contributed by atoms with van der Waals surface area (Å²) in [6.45, 7) is -0.157. The van der Waals surface area contributed by atoms with E-state index in [4.69, 9.17) is 20.4 Å². The van der Waals surface area contributed by atoms with Crippen LogP contribution in [0.4, 0.5) is 0 Å². The topological polar surface area (TPSA) is 80.9 Å². The summed E-state index contributed by atoms with van der Waals surface area (Å²) in [5, 5.41) is 34.8. The molecule has 0 aromatic heterocycles. The molecule has 0 radical (unpaired) electrons. The standard InChI is InChI=1S/C5H10O4Se/c6-1-2-3(7)4(8)5(9)10-2/h2-9H,1H2. The number of rotatable bonds is 1. The van der Waals surface area contributed by atoms with E-state index in [1.165, 1.54) is 0 Å². The van der Waals surface area contributed by atoms with Crippen molar-refractivity contribution in [2.24, 2.45) is 0 Å². The van der Waals surface area contributed by atoms with Crippen molar-refractivity contribution in [3.05, 3.63) is 0 Å². The minimum atomic E-state index is -1.06. The Morgan fingerprint density at radius 3 is 1.90 bits per heavy atom. The van der Waals surface area contributed by atoms with Gasteiger partial charge in [-0.2, -0.15) is 0 Å². The predicted molar refractivity (Wildman–Crippen MR) is 34.6 cm³/mol. The van der Waals surface area contributed by atoms with Gasteiger partial charge in [-0.15, -0.1) is 0 Å². The molecule has 4 nitrogen and oxygen atoms in total. The fourth-order valence-electron chi connectivity index (χ4n) is 0.880. The molecule has 10 heavy (non-hydrogen) atoms. The summed E-state index contributed by atoms with van der Waals surface area (Å²) >= 11 is -0.256. The first-order valence-corrected chi connectivity index (χ1v) is 4.95. The van der Waals surface area contributed by atoms with Crippen molar-refractivity contribution >= 4 is 15.0 Å². The van der Waals surface area contributed by atoms with Gasteiger partial charge in [0.05, 0.1) is 0 Å². The summed E-state index contributed by atoms with van der Waals surface area (Å²) in [4.78, 5) is -0.308. The molecule has 0 aliphatic carbocycles. The van der Waals surface area contributed by atoms with Crippen LogP contribution in [0.3, 0.4) is 0 Å². The van der Waals surface area contributed by atoms with Crippen LogP contribution in [0.25, 0.3) is 0 Å².